The average molecular weight is 381 g/mol. The first-order valence-corrected chi connectivity index (χ1v) is 10.4. The predicted molar refractivity (Wildman–Crippen MR) is 118 cm³/mol. The first kappa shape index (κ1) is 19.0. The molecule has 1 aliphatic rings. The van der Waals surface area contributed by atoms with Crippen LogP contribution in [0, 0.1) is 0 Å². The quantitative estimate of drug-likeness (QED) is 0.744. The third-order valence-electron chi connectivity index (χ3n) is 5.85. The summed E-state index contributed by atoms with van der Waals surface area (Å²) in [5.41, 5.74) is 9.62. The molecule has 1 saturated heterocycles. The largest absolute Gasteiger partial charge is 0.383 e. The van der Waals surface area contributed by atoms with Crippen molar-refractivity contribution in [3.63, 3.8) is 0 Å². The van der Waals surface area contributed by atoms with Gasteiger partial charge in [0, 0.05) is 55.5 Å². The number of fused-ring (bicyclic) bond motifs is 3. The van der Waals surface area contributed by atoms with E-state index in [1.807, 2.05) is 10.9 Å². The van der Waals surface area contributed by atoms with Gasteiger partial charge in [-0.15, -0.1) is 0 Å². The number of unbranched alkanes of at least 4 members (excludes halogenated alkanes) is 1. The monoisotopic (exact) mass is 380 g/mol. The van der Waals surface area contributed by atoms with Crippen LogP contribution >= 0.6 is 0 Å². The van der Waals surface area contributed by atoms with Crippen LogP contribution in [0.25, 0.3) is 21.8 Å². The molecule has 28 heavy (non-hydrogen) atoms. The number of nitrogens with two attached hydrogens (primary N) is 1. The summed E-state index contributed by atoms with van der Waals surface area (Å²) in [6.07, 6.45) is 4.30. The lowest BCUT2D eigenvalue weighted by atomic mass is 10.0. The number of anilines is 2. The smallest absolute Gasteiger partial charge is 0.135 e. The SMILES string of the molecule is CCCCn1cc2c(N)nc3cc(N4CCN(C(C)(C)C)CC4)ccc3c2n1. The molecule has 0 amide bonds. The van der Waals surface area contributed by atoms with Crippen molar-refractivity contribution in [2.45, 2.75) is 52.6 Å². The van der Waals surface area contributed by atoms with Crippen LogP contribution in [-0.4, -0.2) is 51.4 Å². The summed E-state index contributed by atoms with van der Waals surface area (Å²) in [7, 11) is 0. The number of piperazine rings is 1. The standard InChI is InChI=1S/C22H32N6/c1-5-6-9-28-15-18-20(25-28)17-8-7-16(14-19(17)24-21(18)23)26-10-12-27(13-11-26)22(2,3)4/h7-8,14-15H,5-6,9-13H2,1-4H3,(H2,23,24). The predicted octanol–water partition coefficient (Wildman–Crippen LogP) is 3.89. The Labute approximate surface area is 167 Å². The van der Waals surface area contributed by atoms with Crippen molar-refractivity contribution in [2.24, 2.45) is 0 Å². The van der Waals surface area contributed by atoms with Gasteiger partial charge >= 0.3 is 0 Å². The van der Waals surface area contributed by atoms with E-state index in [0.29, 0.717) is 5.82 Å². The number of pyridine rings is 1. The molecule has 1 fully saturated rings. The van der Waals surface area contributed by atoms with Crippen LogP contribution in [-0.2, 0) is 6.54 Å². The van der Waals surface area contributed by atoms with Crippen LogP contribution in [0.2, 0.25) is 0 Å². The van der Waals surface area contributed by atoms with Crippen LogP contribution in [0.1, 0.15) is 40.5 Å². The molecule has 1 aliphatic heterocycles. The summed E-state index contributed by atoms with van der Waals surface area (Å²) >= 11 is 0. The molecule has 6 nitrogen and oxygen atoms in total. The van der Waals surface area contributed by atoms with Crippen molar-refractivity contribution in [2.75, 3.05) is 36.8 Å². The van der Waals surface area contributed by atoms with Gasteiger partial charge in [0.2, 0.25) is 0 Å². The zero-order valence-corrected chi connectivity index (χ0v) is 17.6. The molecule has 4 rings (SSSR count). The molecule has 0 aliphatic carbocycles. The van der Waals surface area contributed by atoms with Crippen molar-refractivity contribution in [1.82, 2.24) is 19.7 Å². The van der Waals surface area contributed by atoms with Gasteiger partial charge in [-0.2, -0.15) is 5.10 Å². The molecule has 0 bridgehead atoms. The number of hydrogen-bond donors (Lipinski definition) is 1. The summed E-state index contributed by atoms with van der Waals surface area (Å²) in [5, 5.41) is 6.83. The zero-order valence-electron chi connectivity index (χ0n) is 17.6. The summed E-state index contributed by atoms with van der Waals surface area (Å²) < 4.78 is 2.01. The molecule has 0 spiro atoms. The van der Waals surface area contributed by atoms with Gasteiger partial charge in [0.1, 0.15) is 11.3 Å². The lowest BCUT2D eigenvalue weighted by Gasteiger charge is -2.43. The van der Waals surface area contributed by atoms with Crippen LogP contribution in [0.4, 0.5) is 11.5 Å². The van der Waals surface area contributed by atoms with Gasteiger partial charge < -0.3 is 10.6 Å². The van der Waals surface area contributed by atoms with Gasteiger partial charge in [-0.25, -0.2) is 4.98 Å². The highest BCUT2D eigenvalue weighted by Gasteiger charge is 2.26. The molecule has 1 aromatic carbocycles. The maximum absolute atomic E-state index is 6.27. The second-order valence-electron chi connectivity index (χ2n) is 8.85. The summed E-state index contributed by atoms with van der Waals surface area (Å²) in [5.74, 6) is 0.569. The maximum atomic E-state index is 6.27. The summed E-state index contributed by atoms with van der Waals surface area (Å²) in [6.45, 7) is 14.2. The lowest BCUT2D eigenvalue weighted by molar-refractivity contribution is 0.128. The highest BCUT2D eigenvalue weighted by atomic mass is 15.3. The molecule has 150 valence electrons. The minimum Gasteiger partial charge on any atom is -0.383 e. The molecule has 0 saturated carbocycles. The number of benzene rings is 1. The fourth-order valence-electron chi connectivity index (χ4n) is 4.08. The second-order valence-corrected chi connectivity index (χ2v) is 8.85. The van der Waals surface area contributed by atoms with E-state index in [4.69, 9.17) is 15.8 Å². The fraction of sp³-hybridized carbons (Fsp3) is 0.545. The number of nitrogens with zero attached hydrogens (tertiary/aromatic N) is 5. The van der Waals surface area contributed by atoms with E-state index in [1.165, 1.54) is 5.69 Å². The summed E-state index contributed by atoms with van der Waals surface area (Å²) in [6, 6.07) is 6.53. The van der Waals surface area contributed by atoms with Crippen molar-refractivity contribution < 1.29 is 0 Å². The van der Waals surface area contributed by atoms with Crippen LogP contribution in [0.3, 0.4) is 0 Å². The molecule has 6 heteroatoms. The molecule has 0 atom stereocenters. The molecular weight excluding hydrogens is 348 g/mol. The summed E-state index contributed by atoms with van der Waals surface area (Å²) in [4.78, 5) is 9.69. The van der Waals surface area contributed by atoms with Gasteiger partial charge in [-0.3, -0.25) is 9.58 Å². The van der Waals surface area contributed by atoms with Gasteiger partial charge in [0.05, 0.1) is 10.9 Å². The fourth-order valence-corrected chi connectivity index (χ4v) is 4.08. The highest BCUT2D eigenvalue weighted by molar-refractivity contribution is 6.08. The molecule has 2 N–H and O–H groups in total. The number of nitrogen functional groups attached to an aromatic ring is 1. The van der Waals surface area contributed by atoms with Gasteiger partial charge in [0.15, 0.2) is 0 Å². The zero-order chi connectivity index (χ0) is 19.9. The van der Waals surface area contributed by atoms with E-state index in [0.717, 1.165) is 67.4 Å². The van der Waals surface area contributed by atoms with Gasteiger partial charge in [-0.05, 0) is 45.4 Å². The average Bonchev–Trinajstić information content (AvgIpc) is 3.10. The number of aromatic nitrogens is 3. The molecule has 0 radical (unpaired) electrons. The Morgan fingerprint density at radius 3 is 2.50 bits per heavy atom. The Kier molecular flexibility index (Phi) is 4.91. The van der Waals surface area contributed by atoms with Crippen molar-refractivity contribution in [3.8, 4) is 0 Å². The Bertz CT molecular complexity index is 976. The molecule has 3 heterocycles. The third kappa shape index (κ3) is 3.53. The number of hydrogen-bond acceptors (Lipinski definition) is 5. The van der Waals surface area contributed by atoms with Crippen LogP contribution < -0.4 is 10.6 Å². The van der Waals surface area contributed by atoms with Crippen LogP contribution in [0.5, 0.6) is 0 Å². The van der Waals surface area contributed by atoms with E-state index in [-0.39, 0.29) is 5.54 Å². The third-order valence-corrected chi connectivity index (χ3v) is 5.85. The first-order chi connectivity index (χ1) is 13.4. The number of rotatable bonds is 4. The Morgan fingerprint density at radius 2 is 1.82 bits per heavy atom. The second kappa shape index (κ2) is 7.24. The highest BCUT2D eigenvalue weighted by Crippen LogP contribution is 2.30. The molecule has 0 unspecified atom stereocenters. The Morgan fingerprint density at radius 1 is 1.07 bits per heavy atom. The van der Waals surface area contributed by atoms with E-state index in [2.05, 4.69) is 55.7 Å². The van der Waals surface area contributed by atoms with E-state index < -0.39 is 0 Å². The van der Waals surface area contributed by atoms with Gasteiger partial charge in [-0.1, -0.05) is 13.3 Å². The lowest BCUT2D eigenvalue weighted by Crippen LogP contribution is -2.53. The first-order valence-electron chi connectivity index (χ1n) is 10.4. The Balaban J connectivity index is 1.63. The molecule has 2 aromatic heterocycles. The van der Waals surface area contributed by atoms with Crippen LogP contribution in [0.15, 0.2) is 24.4 Å². The minimum atomic E-state index is 0.230. The van der Waals surface area contributed by atoms with Crippen molar-refractivity contribution in [3.05, 3.63) is 24.4 Å². The molecular formula is C22H32N6. The maximum Gasteiger partial charge on any atom is 0.135 e. The topological polar surface area (TPSA) is 63.2 Å². The normalized spacial score (nSPS) is 16.4. The van der Waals surface area contributed by atoms with E-state index in [1.54, 1.807) is 0 Å². The van der Waals surface area contributed by atoms with Crippen molar-refractivity contribution in [1.29, 1.82) is 0 Å². The van der Waals surface area contributed by atoms with Gasteiger partial charge in [0.25, 0.3) is 0 Å². The Hall–Kier alpha value is -2.34. The minimum absolute atomic E-state index is 0.230. The number of aryl methyl sites for hydroxylation is 1. The van der Waals surface area contributed by atoms with Crippen molar-refractivity contribution >= 4 is 33.3 Å². The molecule has 3 aromatic rings. The van der Waals surface area contributed by atoms with E-state index >= 15 is 0 Å². The van der Waals surface area contributed by atoms with E-state index in [9.17, 15) is 0 Å².